The third kappa shape index (κ3) is 3.88. The summed E-state index contributed by atoms with van der Waals surface area (Å²) < 4.78 is 11.4. The molecule has 1 aliphatic rings. The van der Waals surface area contributed by atoms with Crippen LogP contribution in [0, 0.1) is 13.8 Å². The molecule has 0 aromatic heterocycles. The van der Waals surface area contributed by atoms with Crippen LogP contribution in [0.1, 0.15) is 16.7 Å². The number of imide groups is 2. The Kier molecular flexibility index (Phi) is 5.74. The summed E-state index contributed by atoms with van der Waals surface area (Å²) in [5, 5.41) is 2.23. The molecule has 0 atom stereocenters. The van der Waals surface area contributed by atoms with Crippen LogP contribution in [0.4, 0.5) is 10.5 Å². The lowest BCUT2D eigenvalue weighted by Crippen LogP contribution is -2.54. The number of urea groups is 1. The van der Waals surface area contributed by atoms with E-state index in [0.717, 1.165) is 14.9 Å². The van der Waals surface area contributed by atoms with Gasteiger partial charge in [-0.25, -0.2) is 9.69 Å². The van der Waals surface area contributed by atoms with Gasteiger partial charge in [0.2, 0.25) is 0 Å². The minimum Gasteiger partial charge on any atom is -0.493 e. The van der Waals surface area contributed by atoms with Crippen molar-refractivity contribution in [2.24, 2.45) is 0 Å². The molecule has 1 saturated heterocycles. The molecular weight excluding hydrogens is 440 g/mol. The lowest BCUT2D eigenvalue weighted by molar-refractivity contribution is -0.122. The molecule has 8 heteroatoms. The number of rotatable bonds is 4. The first kappa shape index (κ1) is 20.6. The molecule has 2 aromatic rings. The second-order valence-corrected chi connectivity index (χ2v) is 7.37. The first-order chi connectivity index (χ1) is 13.8. The molecule has 29 heavy (non-hydrogen) atoms. The van der Waals surface area contributed by atoms with Crippen LogP contribution in [0.2, 0.25) is 0 Å². The number of ether oxygens (including phenoxy) is 2. The van der Waals surface area contributed by atoms with Crippen molar-refractivity contribution in [3.8, 4) is 11.5 Å². The number of benzene rings is 2. The number of aryl methyl sites for hydroxylation is 2. The highest BCUT2D eigenvalue weighted by Gasteiger charge is 2.37. The largest absolute Gasteiger partial charge is 0.493 e. The predicted octanol–water partition coefficient (Wildman–Crippen LogP) is 3.75. The SMILES string of the molecule is COc1cc(C)c(/C=C2\C(=O)NC(=O)N(c3ccc(Br)cc3C)C2=O)cc1OC. The molecule has 1 N–H and O–H groups in total. The molecule has 1 heterocycles. The molecule has 0 spiro atoms. The van der Waals surface area contributed by atoms with Gasteiger partial charge in [-0.1, -0.05) is 15.9 Å². The third-order valence-corrected chi connectivity index (χ3v) is 5.07. The number of carbonyl (C=O) groups is 3. The van der Waals surface area contributed by atoms with Gasteiger partial charge in [0, 0.05) is 4.47 Å². The number of halogens is 1. The lowest BCUT2D eigenvalue weighted by Gasteiger charge is -2.27. The highest BCUT2D eigenvalue weighted by Crippen LogP contribution is 2.32. The van der Waals surface area contributed by atoms with Crippen molar-refractivity contribution in [1.29, 1.82) is 0 Å². The molecule has 1 aliphatic heterocycles. The fourth-order valence-corrected chi connectivity index (χ4v) is 3.53. The van der Waals surface area contributed by atoms with E-state index in [1.54, 1.807) is 37.3 Å². The van der Waals surface area contributed by atoms with Crippen LogP contribution in [0.5, 0.6) is 11.5 Å². The van der Waals surface area contributed by atoms with Crippen molar-refractivity contribution in [3.63, 3.8) is 0 Å². The fraction of sp³-hybridized carbons (Fsp3) is 0.190. The van der Waals surface area contributed by atoms with Gasteiger partial charge in [-0.2, -0.15) is 0 Å². The van der Waals surface area contributed by atoms with Gasteiger partial charge in [0.25, 0.3) is 11.8 Å². The van der Waals surface area contributed by atoms with Gasteiger partial charge < -0.3 is 9.47 Å². The lowest BCUT2D eigenvalue weighted by atomic mass is 10.0. The van der Waals surface area contributed by atoms with E-state index in [-0.39, 0.29) is 5.57 Å². The van der Waals surface area contributed by atoms with Crippen molar-refractivity contribution < 1.29 is 23.9 Å². The molecule has 0 aliphatic carbocycles. The maximum Gasteiger partial charge on any atom is 0.335 e. The number of barbiturate groups is 1. The second-order valence-electron chi connectivity index (χ2n) is 6.45. The Hall–Kier alpha value is -3.13. The quantitative estimate of drug-likeness (QED) is 0.556. The topological polar surface area (TPSA) is 84.9 Å². The zero-order valence-electron chi connectivity index (χ0n) is 16.3. The minimum atomic E-state index is -0.786. The first-order valence-corrected chi connectivity index (χ1v) is 9.46. The fourth-order valence-electron chi connectivity index (χ4n) is 3.05. The molecule has 0 unspecified atom stereocenters. The Morgan fingerprint density at radius 3 is 2.24 bits per heavy atom. The Morgan fingerprint density at radius 2 is 1.62 bits per heavy atom. The number of nitrogens with one attached hydrogen (secondary N) is 1. The van der Waals surface area contributed by atoms with E-state index in [2.05, 4.69) is 21.2 Å². The van der Waals surface area contributed by atoms with Gasteiger partial charge in [0.15, 0.2) is 11.5 Å². The van der Waals surface area contributed by atoms with E-state index in [1.165, 1.54) is 20.3 Å². The standard InChI is InChI=1S/C21H19BrN2O5/c1-11-8-17(28-3)18(29-4)10-13(11)9-15-19(25)23-21(27)24(20(15)26)16-6-5-14(22)7-12(16)2/h5-10H,1-4H3,(H,23,25,27)/b15-9+. The monoisotopic (exact) mass is 458 g/mol. The van der Waals surface area contributed by atoms with Crippen molar-refractivity contribution >= 4 is 45.5 Å². The summed E-state index contributed by atoms with van der Waals surface area (Å²) in [7, 11) is 3.02. The molecule has 0 saturated carbocycles. The molecule has 3 rings (SSSR count). The van der Waals surface area contributed by atoms with Crippen LogP contribution in [0.3, 0.4) is 0 Å². The van der Waals surface area contributed by atoms with Crippen LogP contribution >= 0.6 is 15.9 Å². The highest BCUT2D eigenvalue weighted by atomic mass is 79.9. The first-order valence-electron chi connectivity index (χ1n) is 8.67. The normalized spacial score (nSPS) is 15.6. The summed E-state index contributed by atoms with van der Waals surface area (Å²) in [6.45, 7) is 3.60. The number of nitrogens with zero attached hydrogens (tertiary/aromatic N) is 1. The van der Waals surface area contributed by atoms with Gasteiger partial charge in [-0.3, -0.25) is 14.9 Å². The van der Waals surface area contributed by atoms with Gasteiger partial charge in [-0.15, -0.1) is 0 Å². The van der Waals surface area contributed by atoms with Crippen LogP contribution in [-0.2, 0) is 9.59 Å². The van der Waals surface area contributed by atoms with Crippen LogP contribution in [-0.4, -0.2) is 32.1 Å². The van der Waals surface area contributed by atoms with Crippen LogP contribution < -0.4 is 19.7 Å². The molecular formula is C21H19BrN2O5. The zero-order valence-corrected chi connectivity index (χ0v) is 17.9. The van der Waals surface area contributed by atoms with E-state index in [9.17, 15) is 14.4 Å². The molecule has 7 nitrogen and oxygen atoms in total. The Morgan fingerprint density at radius 1 is 0.966 bits per heavy atom. The number of hydrogen-bond donors (Lipinski definition) is 1. The molecule has 4 amide bonds. The molecule has 2 aromatic carbocycles. The summed E-state index contributed by atoms with van der Waals surface area (Å²) in [5.74, 6) is -0.447. The Balaban J connectivity index is 2.08. The summed E-state index contributed by atoms with van der Waals surface area (Å²) in [4.78, 5) is 38.9. The smallest absolute Gasteiger partial charge is 0.335 e. The van der Waals surface area contributed by atoms with Crippen molar-refractivity contribution in [3.05, 3.63) is 57.1 Å². The maximum absolute atomic E-state index is 13.1. The van der Waals surface area contributed by atoms with Crippen LogP contribution in [0.25, 0.3) is 6.08 Å². The van der Waals surface area contributed by atoms with Gasteiger partial charge in [0.1, 0.15) is 5.57 Å². The highest BCUT2D eigenvalue weighted by molar-refractivity contribution is 9.10. The van der Waals surface area contributed by atoms with E-state index in [4.69, 9.17) is 9.47 Å². The third-order valence-electron chi connectivity index (χ3n) is 4.57. The van der Waals surface area contributed by atoms with E-state index in [0.29, 0.717) is 28.3 Å². The minimum absolute atomic E-state index is 0.151. The molecule has 0 bridgehead atoms. The van der Waals surface area contributed by atoms with E-state index < -0.39 is 17.8 Å². The number of anilines is 1. The van der Waals surface area contributed by atoms with Crippen molar-refractivity contribution in [2.45, 2.75) is 13.8 Å². The van der Waals surface area contributed by atoms with Gasteiger partial charge >= 0.3 is 6.03 Å². The van der Waals surface area contributed by atoms with Crippen molar-refractivity contribution in [1.82, 2.24) is 5.32 Å². The number of amides is 4. The predicted molar refractivity (Wildman–Crippen MR) is 112 cm³/mol. The molecule has 1 fully saturated rings. The summed E-state index contributed by atoms with van der Waals surface area (Å²) in [6, 6.07) is 7.79. The van der Waals surface area contributed by atoms with Gasteiger partial charge in [-0.05, 0) is 66.9 Å². The molecule has 150 valence electrons. The Bertz CT molecular complexity index is 1060. The average molecular weight is 459 g/mol. The average Bonchev–Trinajstić information content (AvgIpc) is 2.67. The number of carbonyl (C=O) groups excluding carboxylic acids is 3. The second kappa shape index (κ2) is 8.08. The van der Waals surface area contributed by atoms with E-state index in [1.807, 2.05) is 6.92 Å². The summed E-state index contributed by atoms with van der Waals surface area (Å²) in [5.41, 5.74) is 2.33. The van der Waals surface area contributed by atoms with E-state index >= 15 is 0 Å². The molecule has 0 radical (unpaired) electrons. The van der Waals surface area contributed by atoms with Crippen LogP contribution in [0.15, 0.2) is 40.4 Å². The van der Waals surface area contributed by atoms with Gasteiger partial charge in [0.05, 0.1) is 19.9 Å². The number of hydrogen-bond acceptors (Lipinski definition) is 5. The summed E-state index contributed by atoms with van der Waals surface area (Å²) >= 11 is 3.36. The van der Waals surface area contributed by atoms with Crippen molar-refractivity contribution in [2.75, 3.05) is 19.1 Å². The zero-order chi connectivity index (χ0) is 21.3. The maximum atomic E-state index is 13.1. The summed E-state index contributed by atoms with van der Waals surface area (Å²) in [6.07, 6.45) is 1.45. The Labute approximate surface area is 176 Å². The number of methoxy groups -OCH3 is 2.